The van der Waals surface area contributed by atoms with Crippen LogP contribution in [0.15, 0.2) is 0 Å². The number of hydrogen-bond acceptors (Lipinski definition) is 3. The minimum atomic E-state index is -0.451. The molecule has 0 aromatic carbocycles. The average Bonchev–Trinajstić information content (AvgIpc) is 2.97. The van der Waals surface area contributed by atoms with E-state index in [0.29, 0.717) is 19.2 Å². The largest absolute Gasteiger partial charge is 0.389 e. The Hall–Kier alpha value is -0.560. The summed E-state index contributed by atoms with van der Waals surface area (Å²) >= 11 is 0. The Morgan fingerprint density at radius 3 is 2.53 bits per heavy atom. The van der Waals surface area contributed by atoms with Gasteiger partial charge in [-0.2, -0.15) is 0 Å². The number of ether oxygens (including phenoxy) is 1. The van der Waals surface area contributed by atoms with E-state index in [1.165, 1.54) is 32.1 Å². The van der Waals surface area contributed by atoms with Gasteiger partial charge in [0.15, 0.2) is 0 Å². The first kappa shape index (κ1) is 14.8. The van der Waals surface area contributed by atoms with Gasteiger partial charge in [-0.3, -0.25) is 0 Å². The second-order valence-electron chi connectivity index (χ2n) is 6.05. The highest BCUT2D eigenvalue weighted by atomic mass is 16.5. The lowest BCUT2D eigenvalue weighted by atomic mass is 9.85. The fourth-order valence-electron chi connectivity index (χ4n) is 3.20. The number of nitrogens with one attached hydrogen (secondary N) is 1. The molecule has 0 bridgehead atoms. The van der Waals surface area contributed by atoms with Gasteiger partial charge in [0.2, 0.25) is 0 Å². The van der Waals surface area contributed by atoms with Gasteiger partial charge in [0.05, 0.1) is 12.7 Å². The van der Waals surface area contributed by atoms with Crippen LogP contribution < -0.4 is 5.32 Å². The molecule has 0 amide bonds. The maximum atomic E-state index is 9.99. The number of terminal acetylenes is 1. The Balaban J connectivity index is 1.66. The maximum Gasteiger partial charge on any atom is 0.128 e. The summed E-state index contributed by atoms with van der Waals surface area (Å²) in [7, 11) is 0. The monoisotopic (exact) mass is 265 g/mol. The highest BCUT2D eigenvalue weighted by molar-refractivity contribution is 5.09. The smallest absolute Gasteiger partial charge is 0.128 e. The molecule has 108 valence electrons. The van der Waals surface area contributed by atoms with Crippen LogP contribution in [0.5, 0.6) is 0 Å². The van der Waals surface area contributed by atoms with Crippen LogP contribution in [0.3, 0.4) is 0 Å². The summed E-state index contributed by atoms with van der Waals surface area (Å²) in [5.74, 6) is 2.82. The van der Waals surface area contributed by atoms with E-state index in [4.69, 9.17) is 11.2 Å². The summed E-state index contributed by atoms with van der Waals surface area (Å²) in [5.41, 5.74) is -0.410. The van der Waals surface area contributed by atoms with Crippen molar-refractivity contribution in [2.75, 3.05) is 13.2 Å². The summed E-state index contributed by atoms with van der Waals surface area (Å²) in [4.78, 5) is 0. The lowest BCUT2D eigenvalue weighted by Crippen LogP contribution is -2.40. The molecule has 1 atom stereocenters. The van der Waals surface area contributed by atoms with Crippen LogP contribution >= 0.6 is 0 Å². The van der Waals surface area contributed by atoms with Crippen molar-refractivity contribution in [3.05, 3.63) is 0 Å². The maximum absolute atomic E-state index is 9.99. The van der Waals surface area contributed by atoms with Gasteiger partial charge in [-0.25, -0.2) is 0 Å². The van der Waals surface area contributed by atoms with Crippen LogP contribution in [0.2, 0.25) is 0 Å². The SMILES string of the molecule is C#CC1(OC[C@H](O)CNC2CCCC2)CCCCC1. The number of rotatable bonds is 6. The molecule has 2 aliphatic carbocycles. The first-order valence-electron chi connectivity index (χ1n) is 7.77. The standard InChI is InChI=1S/C16H27NO2/c1-2-16(10-6-3-7-11-16)19-13-15(18)12-17-14-8-4-5-9-14/h1,14-15,17-18H,3-13H2/t15-/m1/s1. The lowest BCUT2D eigenvalue weighted by Gasteiger charge is -2.33. The third-order valence-corrected chi connectivity index (χ3v) is 4.47. The van der Waals surface area contributed by atoms with Crippen molar-refractivity contribution >= 4 is 0 Å². The first-order chi connectivity index (χ1) is 9.24. The summed E-state index contributed by atoms with van der Waals surface area (Å²) in [6.07, 6.45) is 15.7. The van der Waals surface area contributed by atoms with E-state index in [1.54, 1.807) is 0 Å². The van der Waals surface area contributed by atoms with Gasteiger partial charge in [0.25, 0.3) is 0 Å². The highest BCUT2D eigenvalue weighted by Crippen LogP contribution is 2.31. The van der Waals surface area contributed by atoms with Crippen molar-refractivity contribution in [1.82, 2.24) is 5.32 Å². The van der Waals surface area contributed by atoms with E-state index in [1.807, 2.05) is 0 Å². The molecule has 2 rings (SSSR count). The first-order valence-corrected chi connectivity index (χ1v) is 7.77. The van der Waals surface area contributed by atoms with Crippen molar-refractivity contribution in [1.29, 1.82) is 0 Å². The van der Waals surface area contributed by atoms with Gasteiger partial charge in [0.1, 0.15) is 5.60 Å². The normalized spacial score (nSPS) is 25.1. The summed E-state index contributed by atoms with van der Waals surface area (Å²) in [5, 5.41) is 13.4. The zero-order valence-corrected chi connectivity index (χ0v) is 11.9. The minimum absolute atomic E-state index is 0.351. The zero-order valence-electron chi connectivity index (χ0n) is 11.9. The quantitative estimate of drug-likeness (QED) is 0.724. The van der Waals surface area contributed by atoms with Crippen molar-refractivity contribution in [2.24, 2.45) is 0 Å². The second-order valence-corrected chi connectivity index (χ2v) is 6.05. The molecule has 0 aromatic rings. The molecule has 3 heteroatoms. The van der Waals surface area contributed by atoms with E-state index in [2.05, 4.69) is 11.2 Å². The third kappa shape index (κ3) is 4.49. The van der Waals surface area contributed by atoms with E-state index < -0.39 is 11.7 Å². The van der Waals surface area contributed by atoms with Gasteiger partial charge in [-0.05, 0) is 38.5 Å². The van der Waals surface area contributed by atoms with E-state index in [-0.39, 0.29) is 0 Å². The molecule has 2 saturated carbocycles. The van der Waals surface area contributed by atoms with Crippen molar-refractivity contribution < 1.29 is 9.84 Å². The van der Waals surface area contributed by atoms with E-state index in [0.717, 1.165) is 25.7 Å². The molecule has 0 aromatic heterocycles. The number of aliphatic hydroxyl groups excluding tert-OH is 1. The molecule has 2 fully saturated rings. The second kappa shape index (κ2) is 7.28. The Morgan fingerprint density at radius 1 is 1.21 bits per heavy atom. The molecular formula is C16H27NO2. The Labute approximate surface area is 117 Å². The molecule has 0 radical (unpaired) electrons. The Morgan fingerprint density at radius 2 is 1.89 bits per heavy atom. The molecule has 0 spiro atoms. The molecule has 0 saturated heterocycles. The third-order valence-electron chi connectivity index (χ3n) is 4.47. The molecule has 19 heavy (non-hydrogen) atoms. The summed E-state index contributed by atoms with van der Waals surface area (Å²) < 4.78 is 5.87. The molecule has 0 unspecified atom stereocenters. The van der Waals surface area contributed by atoms with Crippen LogP contribution in [0.4, 0.5) is 0 Å². The Kier molecular flexibility index (Phi) is 5.69. The number of aliphatic hydroxyl groups is 1. The topological polar surface area (TPSA) is 41.5 Å². The molecular weight excluding hydrogens is 238 g/mol. The average molecular weight is 265 g/mol. The fourth-order valence-corrected chi connectivity index (χ4v) is 3.20. The van der Waals surface area contributed by atoms with Gasteiger partial charge in [0, 0.05) is 12.6 Å². The molecule has 0 heterocycles. The number of hydrogen-bond donors (Lipinski definition) is 2. The van der Waals surface area contributed by atoms with Crippen LogP contribution in [-0.2, 0) is 4.74 Å². The highest BCUT2D eigenvalue weighted by Gasteiger charge is 2.31. The van der Waals surface area contributed by atoms with Gasteiger partial charge >= 0.3 is 0 Å². The van der Waals surface area contributed by atoms with Crippen LogP contribution in [-0.4, -0.2) is 36.0 Å². The fraction of sp³-hybridized carbons (Fsp3) is 0.875. The van der Waals surface area contributed by atoms with Crippen molar-refractivity contribution in [3.8, 4) is 12.3 Å². The van der Waals surface area contributed by atoms with Crippen LogP contribution in [0, 0.1) is 12.3 Å². The minimum Gasteiger partial charge on any atom is -0.389 e. The van der Waals surface area contributed by atoms with Gasteiger partial charge in [-0.1, -0.05) is 25.2 Å². The molecule has 0 aliphatic heterocycles. The van der Waals surface area contributed by atoms with Gasteiger partial charge in [-0.15, -0.1) is 6.42 Å². The summed E-state index contributed by atoms with van der Waals surface area (Å²) in [6.45, 7) is 0.967. The van der Waals surface area contributed by atoms with Crippen molar-refractivity contribution in [3.63, 3.8) is 0 Å². The zero-order chi connectivity index (χ0) is 13.6. The van der Waals surface area contributed by atoms with Crippen LogP contribution in [0.1, 0.15) is 57.8 Å². The predicted molar refractivity (Wildman–Crippen MR) is 76.9 cm³/mol. The van der Waals surface area contributed by atoms with E-state index in [9.17, 15) is 5.11 Å². The van der Waals surface area contributed by atoms with Crippen molar-refractivity contribution in [2.45, 2.75) is 75.5 Å². The predicted octanol–water partition coefficient (Wildman–Crippen LogP) is 2.23. The molecule has 2 N–H and O–H groups in total. The Bertz CT molecular complexity index is 298. The lowest BCUT2D eigenvalue weighted by molar-refractivity contribution is -0.0633. The molecule has 3 nitrogen and oxygen atoms in total. The molecule has 2 aliphatic rings. The van der Waals surface area contributed by atoms with E-state index >= 15 is 0 Å². The van der Waals surface area contributed by atoms with Gasteiger partial charge < -0.3 is 15.2 Å². The summed E-state index contributed by atoms with van der Waals surface area (Å²) in [6, 6.07) is 0.589. The van der Waals surface area contributed by atoms with Crippen LogP contribution in [0.25, 0.3) is 0 Å².